The number of aliphatic carboxylic acids is 1. The Morgan fingerprint density at radius 2 is 1.48 bits per heavy atom. The molecular formula is C32H45BN2O7. The molecule has 3 rings (SSSR count). The van der Waals surface area contributed by atoms with Crippen LogP contribution < -0.4 is 16.1 Å². The summed E-state index contributed by atoms with van der Waals surface area (Å²) in [6.45, 7) is 17.9. The fraction of sp³-hybridized carbons (Fsp3) is 0.531. The van der Waals surface area contributed by atoms with Crippen LogP contribution in [0.4, 0.5) is 4.79 Å². The molecule has 228 valence electrons. The Balaban J connectivity index is 1.60. The van der Waals surface area contributed by atoms with Gasteiger partial charge in [0.2, 0.25) is 0 Å². The molecule has 9 nitrogen and oxygen atoms in total. The number of rotatable bonds is 10. The van der Waals surface area contributed by atoms with Crippen LogP contribution in [0.1, 0.15) is 89.7 Å². The molecule has 1 aliphatic heterocycles. The average molecular weight is 581 g/mol. The number of ether oxygens (including phenoxy) is 1. The van der Waals surface area contributed by atoms with Crippen molar-refractivity contribution < 1.29 is 33.5 Å². The van der Waals surface area contributed by atoms with Gasteiger partial charge in [-0.3, -0.25) is 4.79 Å². The normalized spacial score (nSPS) is 17.4. The molecule has 3 N–H and O–H groups in total. The summed E-state index contributed by atoms with van der Waals surface area (Å²) in [5.74, 6) is -1.02. The third-order valence-electron chi connectivity index (χ3n) is 7.82. The van der Waals surface area contributed by atoms with Crippen LogP contribution in [0.25, 0.3) is 0 Å². The van der Waals surface area contributed by atoms with E-state index in [2.05, 4.69) is 36.6 Å². The molecular weight excluding hydrogens is 535 g/mol. The number of nitrogens with one attached hydrogen (secondary N) is 2. The van der Waals surface area contributed by atoms with Crippen molar-refractivity contribution in [2.24, 2.45) is 5.92 Å². The van der Waals surface area contributed by atoms with Crippen LogP contribution in [0.2, 0.25) is 0 Å². The van der Waals surface area contributed by atoms with Gasteiger partial charge in [0.1, 0.15) is 11.6 Å². The van der Waals surface area contributed by atoms with E-state index in [1.54, 1.807) is 45.0 Å². The predicted octanol–water partition coefficient (Wildman–Crippen LogP) is 4.68. The second kappa shape index (κ2) is 12.9. The van der Waals surface area contributed by atoms with Crippen LogP contribution in [0, 0.1) is 5.92 Å². The lowest BCUT2D eigenvalue weighted by molar-refractivity contribution is -0.139. The van der Waals surface area contributed by atoms with Crippen molar-refractivity contribution in [2.45, 2.75) is 97.5 Å². The molecule has 2 aromatic rings. The van der Waals surface area contributed by atoms with Crippen molar-refractivity contribution >= 4 is 30.6 Å². The maximum atomic E-state index is 13.0. The standard InChI is InChI=1S/C32H45BN2O7/c1-20(2)25(22-14-16-24(17-15-22)33-41-31(6,7)32(8,9)42-33)19-34-27(36)23-12-10-21(11-13-23)18-26(28(37)38)35-29(39)40-30(3,4)5/h10-17,20,25-26H,18-19H2,1-9H3,(H,34,36)(H,35,39)(H,37,38). The summed E-state index contributed by atoms with van der Waals surface area (Å²) < 4.78 is 17.5. The van der Waals surface area contributed by atoms with Crippen LogP contribution in [0.15, 0.2) is 48.5 Å². The SMILES string of the molecule is CC(C)C(CNC(=O)c1ccc(CC(NC(=O)OC(C)(C)C)C(=O)O)cc1)c1ccc(B2OC(C)(C)C(C)(C)O2)cc1. The molecule has 1 heterocycles. The third-order valence-corrected chi connectivity index (χ3v) is 7.82. The van der Waals surface area contributed by atoms with Crippen molar-refractivity contribution in [2.75, 3.05) is 6.54 Å². The van der Waals surface area contributed by atoms with E-state index < -0.39 is 42.0 Å². The van der Waals surface area contributed by atoms with Crippen molar-refractivity contribution in [3.05, 3.63) is 65.2 Å². The maximum absolute atomic E-state index is 13.0. The topological polar surface area (TPSA) is 123 Å². The fourth-order valence-electron chi connectivity index (χ4n) is 4.60. The first kappa shape index (κ1) is 33.1. The van der Waals surface area contributed by atoms with Crippen LogP contribution in [0.3, 0.4) is 0 Å². The zero-order chi connectivity index (χ0) is 31.5. The molecule has 0 aromatic heterocycles. The van der Waals surface area contributed by atoms with E-state index in [4.69, 9.17) is 14.0 Å². The van der Waals surface area contributed by atoms with E-state index >= 15 is 0 Å². The summed E-state index contributed by atoms with van der Waals surface area (Å²) in [5, 5.41) is 15.0. The summed E-state index contributed by atoms with van der Waals surface area (Å²) in [5.41, 5.74) is 1.63. The summed E-state index contributed by atoms with van der Waals surface area (Å²) in [7, 11) is -0.428. The highest BCUT2D eigenvalue weighted by Gasteiger charge is 2.51. The number of carbonyl (C=O) groups is 3. The first-order valence-corrected chi connectivity index (χ1v) is 14.4. The Hall–Kier alpha value is -3.37. The molecule has 0 spiro atoms. The number of carboxylic acids is 1. The van der Waals surface area contributed by atoms with E-state index in [-0.39, 0.29) is 24.2 Å². The van der Waals surface area contributed by atoms with Gasteiger partial charge < -0.3 is 29.8 Å². The highest BCUT2D eigenvalue weighted by atomic mass is 16.7. The number of benzene rings is 2. The smallest absolute Gasteiger partial charge is 0.480 e. The molecule has 2 unspecified atom stereocenters. The molecule has 1 saturated heterocycles. The van der Waals surface area contributed by atoms with Crippen LogP contribution >= 0.6 is 0 Å². The number of carbonyl (C=O) groups excluding carboxylic acids is 2. The lowest BCUT2D eigenvalue weighted by Crippen LogP contribution is -2.44. The van der Waals surface area contributed by atoms with E-state index in [0.29, 0.717) is 17.7 Å². The van der Waals surface area contributed by atoms with Crippen LogP contribution in [-0.2, 0) is 25.3 Å². The van der Waals surface area contributed by atoms with Gasteiger partial charge in [0, 0.05) is 24.4 Å². The molecule has 1 aliphatic rings. The second-order valence-electron chi connectivity index (χ2n) is 13.3. The highest BCUT2D eigenvalue weighted by Crippen LogP contribution is 2.36. The zero-order valence-corrected chi connectivity index (χ0v) is 26.2. The molecule has 2 amide bonds. The number of hydrogen-bond acceptors (Lipinski definition) is 6. The molecule has 42 heavy (non-hydrogen) atoms. The van der Waals surface area contributed by atoms with E-state index in [1.165, 1.54) is 0 Å². The van der Waals surface area contributed by atoms with Gasteiger partial charge in [-0.15, -0.1) is 0 Å². The lowest BCUT2D eigenvalue weighted by atomic mass is 9.77. The zero-order valence-electron chi connectivity index (χ0n) is 26.2. The van der Waals surface area contributed by atoms with Crippen LogP contribution in [0.5, 0.6) is 0 Å². The number of alkyl carbamates (subject to hydrolysis) is 1. The second-order valence-corrected chi connectivity index (χ2v) is 13.3. The summed E-state index contributed by atoms with van der Waals surface area (Å²) >= 11 is 0. The van der Waals surface area contributed by atoms with Gasteiger partial charge in [0.25, 0.3) is 5.91 Å². The number of amides is 2. The Labute approximate surface area is 249 Å². The first-order valence-electron chi connectivity index (χ1n) is 14.4. The third kappa shape index (κ3) is 8.58. The highest BCUT2D eigenvalue weighted by molar-refractivity contribution is 6.62. The minimum Gasteiger partial charge on any atom is -0.480 e. The van der Waals surface area contributed by atoms with E-state index in [0.717, 1.165) is 11.0 Å². The molecule has 0 bridgehead atoms. The lowest BCUT2D eigenvalue weighted by Gasteiger charge is -2.32. The van der Waals surface area contributed by atoms with Crippen LogP contribution in [-0.4, -0.2) is 59.6 Å². The Kier molecular flexibility index (Phi) is 10.2. The van der Waals surface area contributed by atoms with E-state index in [9.17, 15) is 19.5 Å². The van der Waals surface area contributed by atoms with Gasteiger partial charge >= 0.3 is 19.2 Å². The average Bonchev–Trinajstić information content (AvgIpc) is 3.09. The van der Waals surface area contributed by atoms with E-state index in [1.807, 2.05) is 39.8 Å². The number of hydrogen-bond donors (Lipinski definition) is 3. The van der Waals surface area contributed by atoms with Crippen molar-refractivity contribution in [3.8, 4) is 0 Å². The molecule has 2 aromatic carbocycles. The van der Waals surface area contributed by atoms with Gasteiger partial charge in [-0.25, -0.2) is 9.59 Å². The van der Waals surface area contributed by atoms with Gasteiger partial charge in [-0.05, 0) is 83.1 Å². The van der Waals surface area contributed by atoms with Gasteiger partial charge in [0.05, 0.1) is 11.2 Å². The summed E-state index contributed by atoms with van der Waals surface area (Å²) in [6, 6.07) is 13.7. The largest absolute Gasteiger partial charge is 0.494 e. The molecule has 0 radical (unpaired) electrons. The van der Waals surface area contributed by atoms with Gasteiger partial charge in [0.15, 0.2) is 0 Å². The summed E-state index contributed by atoms with van der Waals surface area (Å²) in [4.78, 5) is 36.7. The Morgan fingerprint density at radius 3 is 1.95 bits per heavy atom. The van der Waals surface area contributed by atoms with Crippen molar-refractivity contribution in [1.29, 1.82) is 0 Å². The molecule has 0 aliphatic carbocycles. The molecule has 1 fully saturated rings. The minimum absolute atomic E-state index is 0.0494. The Bertz CT molecular complexity index is 1240. The maximum Gasteiger partial charge on any atom is 0.494 e. The fourth-order valence-corrected chi connectivity index (χ4v) is 4.60. The van der Waals surface area contributed by atoms with Crippen molar-refractivity contribution in [3.63, 3.8) is 0 Å². The molecule has 0 saturated carbocycles. The Morgan fingerprint density at radius 1 is 0.929 bits per heavy atom. The molecule has 10 heteroatoms. The quantitative estimate of drug-likeness (QED) is 0.349. The minimum atomic E-state index is -1.17. The predicted molar refractivity (Wildman–Crippen MR) is 163 cm³/mol. The van der Waals surface area contributed by atoms with Crippen molar-refractivity contribution in [1.82, 2.24) is 10.6 Å². The van der Waals surface area contributed by atoms with Gasteiger partial charge in [-0.1, -0.05) is 50.2 Å². The molecule has 2 atom stereocenters. The first-order chi connectivity index (χ1) is 19.4. The van der Waals surface area contributed by atoms with Gasteiger partial charge in [-0.2, -0.15) is 0 Å². The monoisotopic (exact) mass is 580 g/mol. The summed E-state index contributed by atoms with van der Waals surface area (Å²) in [6.07, 6.45) is -0.748. The number of carboxylic acid groups (broad SMARTS) is 1.